The summed E-state index contributed by atoms with van der Waals surface area (Å²) in [5.74, 6) is 0.726. The Morgan fingerprint density at radius 2 is 1.56 bits per heavy atom. The molecule has 0 saturated carbocycles. The zero-order valence-electron chi connectivity index (χ0n) is 8.74. The summed E-state index contributed by atoms with van der Waals surface area (Å²) in [5, 5.41) is 0. The molecule has 2 nitrogen and oxygen atoms in total. The number of hydrogen-bond acceptors (Lipinski definition) is 2. The van der Waals surface area contributed by atoms with Gasteiger partial charge in [-0.25, -0.2) is 9.97 Å². The molecule has 82 valence electrons. The van der Waals surface area contributed by atoms with Crippen LogP contribution in [0.3, 0.4) is 0 Å². The number of aromatic nitrogens is 2. The van der Waals surface area contributed by atoms with Crippen molar-refractivity contribution >= 4 is 31.9 Å². The fourth-order valence-corrected chi connectivity index (χ4v) is 2.49. The first-order chi connectivity index (χ1) is 7.69. The van der Waals surface area contributed by atoms with E-state index in [1.165, 1.54) is 5.56 Å². The van der Waals surface area contributed by atoms with Crippen LogP contribution in [0.1, 0.15) is 12.5 Å². The Balaban J connectivity index is 2.42. The zero-order chi connectivity index (χ0) is 11.5. The SMILES string of the molecule is CCc1ccc(-c2nc(Br)cc(Br)n2)cc1. The summed E-state index contributed by atoms with van der Waals surface area (Å²) in [4.78, 5) is 8.67. The Bertz CT molecular complexity index is 475. The molecule has 0 radical (unpaired) electrons. The van der Waals surface area contributed by atoms with Gasteiger partial charge >= 0.3 is 0 Å². The third-order valence-electron chi connectivity index (χ3n) is 2.28. The van der Waals surface area contributed by atoms with Crippen molar-refractivity contribution in [2.75, 3.05) is 0 Å². The number of hydrogen-bond donors (Lipinski definition) is 0. The van der Waals surface area contributed by atoms with Gasteiger partial charge in [0.25, 0.3) is 0 Å². The number of aryl methyl sites for hydroxylation is 1. The van der Waals surface area contributed by atoms with Gasteiger partial charge in [-0.1, -0.05) is 31.2 Å². The van der Waals surface area contributed by atoms with E-state index in [0.29, 0.717) is 0 Å². The number of nitrogens with zero attached hydrogens (tertiary/aromatic N) is 2. The molecule has 0 atom stereocenters. The van der Waals surface area contributed by atoms with Crippen LogP contribution in [0.5, 0.6) is 0 Å². The van der Waals surface area contributed by atoms with Crippen LogP contribution in [-0.2, 0) is 6.42 Å². The number of halogens is 2. The van der Waals surface area contributed by atoms with Crippen molar-refractivity contribution in [1.82, 2.24) is 9.97 Å². The van der Waals surface area contributed by atoms with Crippen LogP contribution in [0.15, 0.2) is 39.5 Å². The molecule has 1 heterocycles. The molecule has 2 aromatic rings. The van der Waals surface area contributed by atoms with Crippen molar-refractivity contribution in [3.8, 4) is 11.4 Å². The van der Waals surface area contributed by atoms with E-state index in [2.05, 4.69) is 60.9 Å². The van der Waals surface area contributed by atoms with Crippen molar-refractivity contribution in [3.63, 3.8) is 0 Å². The van der Waals surface area contributed by atoms with E-state index in [0.717, 1.165) is 27.0 Å². The summed E-state index contributed by atoms with van der Waals surface area (Å²) < 4.78 is 1.56. The second-order valence-corrected chi connectivity index (χ2v) is 5.01. The smallest absolute Gasteiger partial charge is 0.161 e. The number of rotatable bonds is 2. The second-order valence-electron chi connectivity index (χ2n) is 3.39. The Labute approximate surface area is 111 Å². The summed E-state index contributed by atoms with van der Waals surface area (Å²) >= 11 is 6.71. The van der Waals surface area contributed by atoms with Crippen LogP contribution in [0.4, 0.5) is 0 Å². The van der Waals surface area contributed by atoms with Gasteiger partial charge < -0.3 is 0 Å². The predicted octanol–water partition coefficient (Wildman–Crippen LogP) is 4.23. The van der Waals surface area contributed by atoms with E-state index >= 15 is 0 Å². The summed E-state index contributed by atoms with van der Waals surface area (Å²) in [6, 6.07) is 10.1. The van der Waals surface area contributed by atoms with Gasteiger partial charge in [-0.05, 0) is 43.8 Å². The Morgan fingerprint density at radius 3 is 2.06 bits per heavy atom. The van der Waals surface area contributed by atoms with E-state index in [4.69, 9.17) is 0 Å². The largest absolute Gasteiger partial charge is 0.221 e. The Hall–Kier alpha value is -0.740. The van der Waals surface area contributed by atoms with E-state index in [1.807, 2.05) is 18.2 Å². The van der Waals surface area contributed by atoms with Gasteiger partial charge in [0, 0.05) is 11.6 Å². The molecule has 0 aliphatic heterocycles. The first-order valence-electron chi connectivity index (χ1n) is 4.98. The third-order valence-corrected chi connectivity index (χ3v) is 3.10. The minimum atomic E-state index is 0.726. The molecule has 0 N–H and O–H groups in total. The van der Waals surface area contributed by atoms with E-state index in [1.54, 1.807) is 0 Å². The summed E-state index contributed by atoms with van der Waals surface area (Å²) in [7, 11) is 0. The van der Waals surface area contributed by atoms with Crippen molar-refractivity contribution < 1.29 is 0 Å². The molecule has 0 amide bonds. The third kappa shape index (κ3) is 2.68. The second kappa shape index (κ2) is 5.06. The van der Waals surface area contributed by atoms with Crippen LogP contribution in [0, 0.1) is 0 Å². The maximum Gasteiger partial charge on any atom is 0.161 e. The highest BCUT2D eigenvalue weighted by molar-refractivity contribution is 9.11. The molecule has 0 aliphatic carbocycles. The van der Waals surface area contributed by atoms with Crippen LogP contribution >= 0.6 is 31.9 Å². The molecule has 0 bridgehead atoms. The topological polar surface area (TPSA) is 25.8 Å². The molecule has 2 rings (SSSR count). The average Bonchev–Trinajstić information content (AvgIpc) is 2.28. The lowest BCUT2D eigenvalue weighted by Gasteiger charge is -2.03. The molecular formula is C12H10Br2N2. The van der Waals surface area contributed by atoms with Gasteiger partial charge in [0.05, 0.1) is 0 Å². The van der Waals surface area contributed by atoms with Crippen LogP contribution in [-0.4, -0.2) is 9.97 Å². The molecule has 0 aliphatic rings. The molecule has 0 spiro atoms. The highest BCUT2D eigenvalue weighted by Crippen LogP contribution is 2.21. The normalized spacial score (nSPS) is 10.4. The lowest BCUT2D eigenvalue weighted by molar-refractivity contribution is 1.11. The lowest BCUT2D eigenvalue weighted by atomic mass is 10.1. The first-order valence-corrected chi connectivity index (χ1v) is 6.57. The van der Waals surface area contributed by atoms with Gasteiger partial charge in [-0.2, -0.15) is 0 Å². The molecular weight excluding hydrogens is 332 g/mol. The standard InChI is InChI=1S/C12H10Br2N2/c1-2-8-3-5-9(6-4-8)12-15-10(13)7-11(14)16-12/h3-7H,2H2,1H3. The lowest BCUT2D eigenvalue weighted by Crippen LogP contribution is -1.90. The Kier molecular flexibility index (Phi) is 3.71. The fraction of sp³-hybridized carbons (Fsp3) is 0.167. The van der Waals surface area contributed by atoms with E-state index in [-0.39, 0.29) is 0 Å². The number of benzene rings is 1. The average molecular weight is 342 g/mol. The summed E-state index contributed by atoms with van der Waals surface area (Å²) in [6.07, 6.45) is 1.04. The predicted molar refractivity (Wildman–Crippen MR) is 72.2 cm³/mol. The molecule has 1 aromatic carbocycles. The van der Waals surface area contributed by atoms with Crippen LogP contribution < -0.4 is 0 Å². The zero-order valence-corrected chi connectivity index (χ0v) is 11.9. The van der Waals surface area contributed by atoms with E-state index in [9.17, 15) is 0 Å². The highest BCUT2D eigenvalue weighted by atomic mass is 79.9. The van der Waals surface area contributed by atoms with Crippen LogP contribution in [0.2, 0.25) is 0 Å². The van der Waals surface area contributed by atoms with Crippen molar-refractivity contribution in [2.24, 2.45) is 0 Å². The van der Waals surface area contributed by atoms with Gasteiger partial charge in [0.2, 0.25) is 0 Å². The summed E-state index contributed by atoms with van der Waals surface area (Å²) in [5.41, 5.74) is 2.34. The van der Waals surface area contributed by atoms with Gasteiger partial charge in [-0.3, -0.25) is 0 Å². The molecule has 16 heavy (non-hydrogen) atoms. The van der Waals surface area contributed by atoms with Gasteiger partial charge in [-0.15, -0.1) is 0 Å². The van der Waals surface area contributed by atoms with Crippen LogP contribution in [0.25, 0.3) is 11.4 Å². The quantitative estimate of drug-likeness (QED) is 0.764. The monoisotopic (exact) mass is 340 g/mol. The fourth-order valence-electron chi connectivity index (χ4n) is 1.41. The highest BCUT2D eigenvalue weighted by Gasteiger charge is 2.03. The molecule has 0 unspecified atom stereocenters. The molecule has 1 aromatic heterocycles. The maximum absolute atomic E-state index is 4.34. The maximum atomic E-state index is 4.34. The van der Waals surface area contributed by atoms with Gasteiger partial charge in [0.1, 0.15) is 9.21 Å². The first kappa shape index (κ1) is 11.7. The van der Waals surface area contributed by atoms with Gasteiger partial charge in [0.15, 0.2) is 5.82 Å². The molecule has 0 fully saturated rings. The Morgan fingerprint density at radius 1 is 1.00 bits per heavy atom. The van der Waals surface area contributed by atoms with Crippen molar-refractivity contribution in [2.45, 2.75) is 13.3 Å². The molecule has 4 heteroatoms. The summed E-state index contributed by atoms with van der Waals surface area (Å²) in [6.45, 7) is 2.14. The minimum absolute atomic E-state index is 0.726. The minimum Gasteiger partial charge on any atom is -0.221 e. The van der Waals surface area contributed by atoms with Crippen molar-refractivity contribution in [1.29, 1.82) is 0 Å². The van der Waals surface area contributed by atoms with Crippen molar-refractivity contribution in [3.05, 3.63) is 45.1 Å². The molecule has 0 saturated heterocycles. The van der Waals surface area contributed by atoms with E-state index < -0.39 is 0 Å².